The highest BCUT2D eigenvalue weighted by Gasteiger charge is 2.25. The quantitative estimate of drug-likeness (QED) is 0.891. The average Bonchev–Trinajstić information content (AvgIpc) is 2.80. The molecule has 1 aliphatic rings. The van der Waals surface area contributed by atoms with Crippen molar-refractivity contribution >= 4 is 15.9 Å². The van der Waals surface area contributed by atoms with Gasteiger partial charge < -0.3 is 10.6 Å². The largest absolute Gasteiger partial charge is 0.329 e. The second-order valence-corrected chi connectivity index (χ2v) is 6.50. The van der Waals surface area contributed by atoms with Gasteiger partial charge in [0.1, 0.15) is 5.82 Å². The molecule has 0 radical (unpaired) electrons. The second kappa shape index (κ2) is 6.98. The van der Waals surface area contributed by atoms with Crippen LogP contribution >= 0.6 is 15.9 Å². The van der Waals surface area contributed by atoms with Crippen molar-refractivity contribution in [2.24, 2.45) is 5.73 Å². The van der Waals surface area contributed by atoms with E-state index in [2.05, 4.69) is 39.8 Å². The molecule has 0 aromatic heterocycles. The zero-order chi connectivity index (χ0) is 14.7. The Labute approximate surface area is 129 Å². The normalized spacial score (nSPS) is 21.6. The molecule has 112 valence electrons. The Morgan fingerprint density at radius 3 is 2.85 bits per heavy atom. The van der Waals surface area contributed by atoms with E-state index in [1.54, 1.807) is 0 Å². The van der Waals surface area contributed by atoms with Crippen LogP contribution in [0, 0.1) is 5.82 Å². The van der Waals surface area contributed by atoms with Crippen LogP contribution in [0.5, 0.6) is 0 Å². The lowest BCUT2D eigenvalue weighted by Crippen LogP contribution is -2.40. The average molecular weight is 344 g/mol. The van der Waals surface area contributed by atoms with E-state index in [1.165, 1.54) is 25.5 Å². The molecule has 20 heavy (non-hydrogen) atoms. The lowest BCUT2D eigenvalue weighted by Gasteiger charge is -2.32. The fourth-order valence-electron chi connectivity index (χ4n) is 2.96. The molecule has 2 N–H and O–H groups in total. The summed E-state index contributed by atoms with van der Waals surface area (Å²) in [4.78, 5) is 4.69. The van der Waals surface area contributed by atoms with Crippen LogP contribution in [-0.4, -0.2) is 49.6 Å². The van der Waals surface area contributed by atoms with Gasteiger partial charge in [0, 0.05) is 25.2 Å². The van der Waals surface area contributed by atoms with E-state index in [9.17, 15) is 4.39 Å². The molecule has 1 aliphatic heterocycles. The molecule has 3 nitrogen and oxygen atoms in total. The molecule has 2 unspecified atom stereocenters. The zero-order valence-corrected chi connectivity index (χ0v) is 13.7. The lowest BCUT2D eigenvalue weighted by molar-refractivity contribution is 0.179. The molecule has 1 aromatic carbocycles. The van der Waals surface area contributed by atoms with Gasteiger partial charge in [0.05, 0.1) is 4.47 Å². The van der Waals surface area contributed by atoms with E-state index in [4.69, 9.17) is 5.73 Å². The summed E-state index contributed by atoms with van der Waals surface area (Å²) in [6, 6.07) is 5.88. The summed E-state index contributed by atoms with van der Waals surface area (Å²) in [7, 11) is 4.28. The number of hydrogen-bond acceptors (Lipinski definition) is 3. The summed E-state index contributed by atoms with van der Waals surface area (Å²) in [5.41, 5.74) is 7.00. The minimum absolute atomic E-state index is 0.126. The number of hydrogen-bond donors (Lipinski definition) is 1. The standard InChI is InChI=1S/C15H23BrFN3/c1-19-7-3-4-12(19)10-20(2)15(9-18)11-5-6-14(17)13(16)8-11/h5-6,8,12,15H,3-4,7,9-10,18H2,1-2H3. The maximum absolute atomic E-state index is 13.3. The van der Waals surface area contributed by atoms with Crippen LogP contribution in [-0.2, 0) is 0 Å². The third kappa shape index (κ3) is 3.58. The summed E-state index contributed by atoms with van der Waals surface area (Å²) >= 11 is 3.25. The lowest BCUT2D eigenvalue weighted by atomic mass is 10.0. The van der Waals surface area contributed by atoms with Gasteiger partial charge in [-0.1, -0.05) is 6.07 Å². The molecule has 0 bridgehead atoms. The van der Waals surface area contributed by atoms with Gasteiger partial charge in [0.25, 0.3) is 0 Å². The highest BCUT2D eigenvalue weighted by molar-refractivity contribution is 9.10. The molecule has 0 spiro atoms. The highest BCUT2D eigenvalue weighted by atomic mass is 79.9. The molecular formula is C15H23BrFN3. The van der Waals surface area contributed by atoms with Crippen molar-refractivity contribution in [3.8, 4) is 0 Å². The Morgan fingerprint density at radius 1 is 1.55 bits per heavy atom. The maximum Gasteiger partial charge on any atom is 0.137 e. The predicted molar refractivity (Wildman–Crippen MR) is 84.2 cm³/mol. The zero-order valence-electron chi connectivity index (χ0n) is 12.1. The Morgan fingerprint density at radius 2 is 2.30 bits per heavy atom. The van der Waals surface area contributed by atoms with Gasteiger partial charge in [0.2, 0.25) is 0 Å². The molecule has 1 fully saturated rings. The van der Waals surface area contributed by atoms with Gasteiger partial charge in [-0.3, -0.25) is 4.90 Å². The summed E-state index contributed by atoms with van der Waals surface area (Å²) in [5, 5.41) is 0. The van der Waals surface area contributed by atoms with Crippen molar-refractivity contribution < 1.29 is 4.39 Å². The van der Waals surface area contributed by atoms with Crippen LogP contribution < -0.4 is 5.73 Å². The SMILES string of the molecule is CN1CCCC1CN(C)C(CN)c1ccc(F)c(Br)c1. The van der Waals surface area contributed by atoms with Crippen molar-refractivity contribution in [3.05, 3.63) is 34.1 Å². The number of benzene rings is 1. The van der Waals surface area contributed by atoms with Gasteiger partial charge in [0.15, 0.2) is 0 Å². The molecule has 1 heterocycles. The maximum atomic E-state index is 13.3. The molecule has 5 heteroatoms. The van der Waals surface area contributed by atoms with E-state index < -0.39 is 0 Å². The van der Waals surface area contributed by atoms with Crippen LogP contribution in [0.1, 0.15) is 24.4 Å². The number of nitrogens with zero attached hydrogens (tertiary/aromatic N) is 2. The number of halogens is 2. The molecule has 0 saturated carbocycles. The molecule has 1 aromatic rings. The van der Waals surface area contributed by atoms with Gasteiger partial charge in [-0.15, -0.1) is 0 Å². The third-order valence-electron chi connectivity index (χ3n) is 4.25. The molecule has 1 saturated heterocycles. The first-order valence-electron chi connectivity index (χ1n) is 7.08. The number of nitrogens with two attached hydrogens (primary N) is 1. The van der Waals surface area contributed by atoms with Crippen molar-refractivity contribution in [2.75, 3.05) is 33.7 Å². The summed E-state index contributed by atoms with van der Waals surface area (Å²) < 4.78 is 13.8. The van der Waals surface area contributed by atoms with E-state index in [0.29, 0.717) is 17.1 Å². The van der Waals surface area contributed by atoms with E-state index in [-0.39, 0.29) is 11.9 Å². The van der Waals surface area contributed by atoms with E-state index >= 15 is 0 Å². The van der Waals surface area contributed by atoms with E-state index in [1.807, 2.05) is 12.1 Å². The Hall–Kier alpha value is -0.490. The minimum atomic E-state index is -0.234. The van der Waals surface area contributed by atoms with E-state index in [0.717, 1.165) is 12.1 Å². The predicted octanol–water partition coefficient (Wildman–Crippen LogP) is 2.61. The number of likely N-dealkylation sites (tertiary alicyclic amines) is 1. The first-order chi connectivity index (χ1) is 9.52. The van der Waals surface area contributed by atoms with Crippen LogP contribution in [0.4, 0.5) is 4.39 Å². The summed E-state index contributed by atoms with van der Waals surface area (Å²) in [5.74, 6) is -0.234. The Bertz CT molecular complexity index is 455. The summed E-state index contributed by atoms with van der Waals surface area (Å²) in [6.45, 7) is 2.70. The first kappa shape index (κ1) is 15.9. The second-order valence-electron chi connectivity index (χ2n) is 5.64. The van der Waals surface area contributed by atoms with Gasteiger partial charge in [-0.25, -0.2) is 4.39 Å². The van der Waals surface area contributed by atoms with Crippen molar-refractivity contribution in [2.45, 2.75) is 24.9 Å². The smallest absolute Gasteiger partial charge is 0.137 e. The molecule has 2 rings (SSSR count). The first-order valence-corrected chi connectivity index (χ1v) is 7.87. The van der Waals surface area contributed by atoms with Crippen molar-refractivity contribution in [1.29, 1.82) is 0 Å². The molecular weight excluding hydrogens is 321 g/mol. The van der Waals surface area contributed by atoms with Crippen LogP contribution in [0.25, 0.3) is 0 Å². The van der Waals surface area contributed by atoms with Gasteiger partial charge >= 0.3 is 0 Å². The molecule has 0 aliphatic carbocycles. The summed E-state index contributed by atoms with van der Waals surface area (Å²) in [6.07, 6.45) is 2.51. The highest BCUT2D eigenvalue weighted by Crippen LogP contribution is 2.25. The molecule has 0 amide bonds. The monoisotopic (exact) mass is 343 g/mol. The minimum Gasteiger partial charge on any atom is -0.329 e. The van der Waals surface area contributed by atoms with Gasteiger partial charge in [-0.2, -0.15) is 0 Å². The Balaban J connectivity index is 2.08. The fourth-order valence-corrected chi connectivity index (χ4v) is 3.36. The third-order valence-corrected chi connectivity index (χ3v) is 4.86. The molecule has 2 atom stereocenters. The van der Waals surface area contributed by atoms with Crippen molar-refractivity contribution in [1.82, 2.24) is 9.80 Å². The fraction of sp³-hybridized carbons (Fsp3) is 0.600. The number of rotatable bonds is 5. The number of likely N-dealkylation sites (N-methyl/N-ethyl adjacent to an activating group) is 2. The Kier molecular flexibility index (Phi) is 5.55. The van der Waals surface area contributed by atoms with Crippen LogP contribution in [0.2, 0.25) is 0 Å². The van der Waals surface area contributed by atoms with Gasteiger partial charge in [-0.05, 0) is 67.1 Å². The van der Waals surface area contributed by atoms with Crippen molar-refractivity contribution in [3.63, 3.8) is 0 Å². The van der Waals surface area contributed by atoms with Crippen LogP contribution in [0.15, 0.2) is 22.7 Å². The van der Waals surface area contributed by atoms with Crippen LogP contribution in [0.3, 0.4) is 0 Å². The topological polar surface area (TPSA) is 32.5 Å².